The van der Waals surface area contributed by atoms with Crippen LogP contribution in [0.5, 0.6) is 0 Å². The first kappa shape index (κ1) is 15.7. The van der Waals surface area contributed by atoms with Gasteiger partial charge in [-0.3, -0.25) is 4.79 Å². The van der Waals surface area contributed by atoms with Crippen LogP contribution in [0.4, 0.5) is 5.69 Å². The van der Waals surface area contributed by atoms with Crippen LogP contribution >= 0.6 is 11.6 Å². The number of sulfonamides is 1. The van der Waals surface area contributed by atoms with Crippen molar-refractivity contribution in [1.82, 2.24) is 4.72 Å². The molecular formula is C11H15ClN2O4S. The van der Waals surface area contributed by atoms with Gasteiger partial charge in [0.2, 0.25) is 10.0 Å². The molecule has 19 heavy (non-hydrogen) atoms. The maximum atomic E-state index is 12.0. The summed E-state index contributed by atoms with van der Waals surface area (Å²) in [6, 6.07) is 2.69. The molecule has 0 aliphatic rings. The zero-order valence-electron chi connectivity index (χ0n) is 10.6. The molecule has 0 unspecified atom stereocenters. The summed E-state index contributed by atoms with van der Waals surface area (Å²) in [6.45, 7) is 1.61. The molecule has 0 bridgehead atoms. The van der Waals surface area contributed by atoms with E-state index in [0.717, 1.165) is 0 Å². The molecule has 0 aliphatic carbocycles. The molecule has 0 spiro atoms. The quantitative estimate of drug-likeness (QED) is 0.626. The van der Waals surface area contributed by atoms with Gasteiger partial charge >= 0.3 is 5.97 Å². The minimum atomic E-state index is -3.72. The molecule has 0 saturated heterocycles. The third-order valence-corrected chi connectivity index (χ3v) is 4.37. The lowest BCUT2D eigenvalue weighted by atomic mass is 10.2. The average molecular weight is 307 g/mol. The first-order valence-corrected chi connectivity index (χ1v) is 7.26. The van der Waals surface area contributed by atoms with Crippen molar-refractivity contribution in [1.29, 1.82) is 0 Å². The largest absolute Gasteiger partial charge is 0.469 e. The lowest BCUT2D eigenvalue weighted by Crippen LogP contribution is -2.26. The fourth-order valence-corrected chi connectivity index (χ4v) is 2.65. The van der Waals surface area contributed by atoms with E-state index in [1.165, 1.54) is 19.2 Å². The number of carbonyl (C=O) groups excluding carboxylic acids is 1. The van der Waals surface area contributed by atoms with Crippen LogP contribution < -0.4 is 10.5 Å². The molecule has 1 aromatic rings. The minimum absolute atomic E-state index is 0.0109. The summed E-state index contributed by atoms with van der Waals surface area (Å²) in [7, 11) is -2.49. The van der Waals surface area contributed by atoms with Gasteiger partial charge in [0.05, 0.1) is 29.1 Å². The van der Waals surface area contributed by atoms with Gasteiger partial charge in [0.15, 0.2) is 0 Å². The fourth-order valence-electron chi connectivity index (χ4n) is 1.39. The van der Waals surface area contributed by atoms with E-state index in [1.54, 1.807) is 6.92 Å². The topological polar surface area (TPSA) is 98.5 Å². The normalized spacial score (nSPS) is 11.3. The highest BCUT2D eigenvalue weighted by Gasteiger charge is 2.17. The van der Waals surface area contributed by atoms with Crippen LogP contribution in [-0.4, -0.2) is 28.0 Å². The summed E-state index contributed by atoms with van der Waals surface area (Å²) in [5, 5.41) is 0.327. The van der Waals surface area contributed by atoms with Gasteiger partial charge in [-0.2, -0.15) is 0 Å². The van der Waals surface area contributed by atoms with Crippen LogP contribution in [-0.2, 0) is 19.6 Å². The van der Waals surface area contributed by atoms with Crippen molar-refractivity contribution in [2.75, 3.05) is 19.4 Å². The van der Waals surface area contributed by atoms with Gasteiger partial charge in [-0.05, 0) is 24.6 Å². The van der Waals surface area contributed by atoms with Gasteiger partial charge in [0.25, 0.3) is 0 Å². The molecule has 106 valence electrons. The smallest absolute Gasteiger partial charge is 0.306 e. The van der Waals surface area contributed by atoms with Crippen LogP contribution in [0.3, 0.4) is 0 Å². The number of esters is 1. The molecule has 1 rings (SSSR count). The van der Waals surface area contributed by atoms with Crippen LogP contribution in [0.25, 0.3) is 0 Å². The van der Waals surface area contributed by atoms with Crippen molar-refractivity contribution in [2.24, 2.45) is 0 Å². The van der Waals surface area contributed by atoms with E-state index < -0.39 is 16.0 Å². The zero-order chi connectivity index (χ0) is 14.6. The van der Waals surface area contributed by atoms with Gasteiger partial charge in [0, 0.05) is 6.54 Å². The Morgan fingerprint density at radius 2 is 2.11 bits per heavy atom. The number of hydrogen-bond donors (Lipinski definition) is 2. The number of carbonyl (C=O) groups is 1. The van der Waals surface area contributed by atoms with Crippen molar-refractivity contribution in [2.45, 2.75) is 18.2 Å². The van der Waals surface area contributed by atoms with Crippen molar-refractivity contribution in [3.63, 3.8) is 0 Å². The molecule has 0 radical (unpaired) electrons. The van der Waals surface area contributed by atoms with E-state index in [2.05, 4.69) is 9.46 Å². The molecule has 0 aromatic heterocycles. The highest BCUT2D eigenvalue weighted by Crippen LogP contribution is 2.26. The second-order valence-electron chi connectivity index (χ2n) is 3.87. The molecule has 0 atom stereocenters. The summed E-state index contributed by atoms with van der Waals surface area (Å²) < 4.78 is 30.6. The van der Waals surface area contributed by atoms with E-state index >= 15 is 0 Å². The summed E-state index contributed by atoms with van der Waals surface area (Å²) >= 11 is 5.86. The molecule has 0 saturated carbocycles. The van der Waals surface area contributed by atoms with E-state index in [1.807, 2.05) is 0 Å². The number of halogens is 1. The second kappa shape index (κ2) is 6.23. The number of nitrogen functional groups attached to an aromatic ring is 1. The third-order valence-electron chi connectivity index (χ3n) is 2.42. The van der Waals surface area contributed by atoms with Crippen LogP contribution in [0.2, 0.25) is 5.02 Å². The first-order chi connectivity index (χ1) is 8.77. The first-order valence-electron chi connectivity index (χ1n) is 5.40. The Morgan fingerprint density at radius 1 is 1.47 bits per heavy atom. The van der Waals surface area contributed by atoms with E-state index in [9.17, 15) is 13.2 Å². The minimum Gasteiger partial charge on any atom is -0.469 e. The van der Waals surface area contributed by atoms with Crippen molar-refractivity contribution in [3.05, 3.63) is 22.7 Å². The number of ether oxygens (including phenoxy) is 1. The maximum absolute atomic E-state index is 12.0. The highest BCUT2D eigenvalue weighted by atomic mass is 35.5. The summed E-state index contributed by atoms with van der Waals surface area (Å²) in [4.78, 5) is 10.9. The van der Waals surface area contributed by atoms with E-state index in [-0.39, 0.29) is 23.5 Å². The van der Waals surface area contributed by atoms with Gasteiger partial charge in [-0.25, -0.2) is 13.1 Å². The number of benzene rings is 1. The number of nitrogens with one attached hydrogen (secondary N) is 1. The fraction of sp³-hybridized carbons (Fsp3) is 0.364. The highest BCUT2D eigenvalue weighted by molar-refractivity contribution is 7.89. The Morgan fingerprint density at radius 3 is 2.63 bits per heavy atom. The Hall–Kier alpha value is -1.31. The Balaban J connectivity index is 2.86. The molecule has 8 heteroatoms. The Kier molecular flexibility index (Phi) is 5.16. The standard InChI is InChI=1S/C11H15ClN2O4S/c1-7-5-8(6-9(13)11(7)12)19(16,17)14-4-3-10(15)18-2/h5-6,14H,3-4,13H2,1-2H3. The summed E-state index contributed by atoms with van der Waals surface area (Å²) in [5.41, 5.74) is 6.37. The van der Waals surface area contributed by atoms with Crippen LogP contribution in [0.15, 0.2) is 17.0 Å². The molecule has 0 aliphatic heterocycles. The molecule has 1 aromatic carbocycles. The monoisotopic (exact) mass is 306 g/mol. The lowest BCUT2D eigenvalue weighted by molar-refractivity contribution is -0.140. The third kappa shape index (κ3) is 4.09. The maximum Gasteiger partial charge on any atom is 0.306 e. The number of nitrogens with two attached hydrogens (primary N) is 1. The van der Waals surface area contributed by atoms with Crippen molar-refractivity contribution >= 4 is 33.3 Å². The van der Waals surface area contributed by atoms with Gasteiger partial charge in [-0.15, -0.1) is 0 Å². The van der Waals surface area contributed by atoms with Crippen LogP contribution in [0.1, 0.15) is 12.0 Å². The Bertz CT molecular complexity index is 563. The van der Waals surface area contributed by atoms with Gasteiger partial charge in [-0.1, -0.05) is 11.6 Å². The number of rotatable bonds is 5. The predicted octanol–water partition coefficient (Wildman–Crippen LogP) is 1.07. The molecule has 0 fully saturated rings. The number of aryl methyl sites for hydroxylation is 1. The van der Waals surface area contributed by atoms with Crippen LogP contribution in [0, 0.1) is 6.92 Å². The van der Waals surface area contributed by atoms with Gasteiger partial charge in [0.1, 0.15) is 0 Å². The second-order valence-corrected chi connectivity index (χ2v) is 6.01. The summed E-state index contributed by atoms with van der Waals surface area (Å²) in [5.74, 6) is -0.491. The lowest BCUT2D eigenvalue weighted by Gasteiger charge is -2.09. The predicted molar refractivity (Wildman–Crippen MR) is 72.4 cm³/mol. The SMILES string of the molecule is COC(=O)CCNS(=O)(=O)c1cc(C)c(Cl)c(N)c1. The van der Waals surface area contributed by atoms with Crippen molar-refractivity contribution in [3.8, 4) is 0 Å². The van der Waals surface area contributed by atoms with Gasteiger partial charge < -0.3 is 10.5 Å². The molecular weight excluding hydrogens is 292 g/mol. The molecule has 0 amide bonds. The molecule has 6 nitrogen and oxygen atoms in total. The zero-order valence-corrected chi connectivity index (χ0v) is 12.1. The Labute approximate surface area is 116 Å². The summed E-state index contributed by atoms with van der Waals surface area (Å²) in [6.07, 6.45) is -0.0439. The number of anilines is 1. The number of hydrogen-bond acceptors (Lipinski definition) is 5. The van der Waals surface area contributed by atoms with E-state index in [0.29, 0.717) is 10.6 Å². The van der Waals surface area contributed by atoms with Crippen molar-refractivity contribution < 1.29 is 17.9 Å². The average Bonchev–Trinajstić information content (AvgIpc) is 2.34. The number of methoxy groups -OCH3 is 1. The van der Waals surface area contributed by atoms with E-state index in [4.69, 9.17) is 17.3 Å². The molecule has 3 N–H and O–H groups in total. The molecule has 0 heterocycles.